The average Bonchev–Trinajstić information content (AvgIpc) is 2.47. The van der Waals surface area contributed by atoms with Crippen molar-refractivity contribution < 1.29 is 9.47 Å². The molecule has 0 radical (unpaired) electrons. The molecule has 0 saturated carbocycles. The zero-order valence-electron chi connectivity index (χ0n) is 12.9. The summed E-state index contributed by atoms with van der Waals surface area (Å²) in [4.78, 5) is 9.05. The molecule has 1 aliphatic rings. The van der Waals surface area contributed by atoms with Crippen LogP contribution in [0.3, 0.4) is 0 Å². The van der Waals surface area contributed by atoms with E-state index in [2.05, 4.69) is 29.1 Å². The third-order valence-electron chi connectivity index (χ3n) is 3.55. The molecule has 1 aromatic rings. The second-order valence-electron chi connectivity index (χ2n) is 5.56. The molecule has 1 N–H and O–H groups in total. The Hall–Kier alpha value is -1.36. The summed E-state index contributed by atoms with van der Waals surface area (Å²) in [5.41, 5.74) is 0.952. The standard InChI is InChI=1S/C15H25N3O2/c1-10(2)13-17-14(16-4)11(3)15(18-13)20-9-12-7-5-6-8-19-12/h10,12H,5-9H2,1-4H3,(H,16,17,18). The fourth-order valence-electron chi connectivity index (χ4n) is 2.27. The van der Waals surface area contributed by atoms with Gasteiger partial charge in [-0.05, 0) is 26.2 Å². The second kappa shape index (κ2) is 6.88. The van der Waals surface area contributed by atoms with E-state index in [1.54, 1.807) is 0 Å². The van der Waals surface area contributed by atoms with Crippen molar-refractivity contribution in [3.8, 4) is 5.88 Å². The molecule has 0 aliphatic carbocycles. The van der Waals surface area contributed by atoms with Crippen LogP contribution in [0.5, 0.6) is 5.88 Å². The number of ether oxygens (including phenoxy) is 2. The Morgan fingerprint density at radius 2 is 2.15 bits per heavy atom. The van der Waals surface area contributed by atoms with Crippen LogP contribution < -0.4 is 10.1 Å². The molecule has 2 rings (SSSR count). The topological polar surface area (TPSA) is 56.3 Å². The molecule has 0 aromatic carbocycles. The molecule has 5 heteroatoms. The lowest BCUT2D eigenvalue weighted by Crippen LogP contribution is -2.26. The Labute approximate surface area is 121 Å². The van der Waals surface area contributed by atoms with E-state index in [-0.39, 0.29) is 12.0 Å². The minimum atomic E-state index is 0.193. The molecule has 20 heavy (non-hydrogen) atoms. The number of hydrogen-bond donors (Lipinski definition) is 1. The average molecular weight is 279 g/mol. The molecule has 112 valence electrons. The van der Waals surface area contributed by atoms with E-state index in [9.17, 15) is 0 Å². The summed E-state index contributed by atoms with van der Waals surface area (Å²) in [5, 5.41) is 3.11. The first-order valence-electron chi connectivity index (χ1n) is 7.42. The number of aromatic nitrogens is 2. The van der Waals surface area contributed by atoms with Gasteiger partial charge in [0.2, 0.25) is 5.88 Å². The molecule has 1 unspecified atom stereocenters. The van der Waals surface area contributed by atoms with Gasteiger partial charge in [-0.3, -0.25) is 0 Å². The van der Waals surface area contributed by atoms with Crippen LogP contribution in [0, 0.1) is 6.92 Å². The first-order valence-corrected chi connectivity index (χ1v) is 7.42. The zero-order valence-corrected chi connectivity index (χ0v) is 12.9. The Morgan fingerprint density at radius 3 is 2.75 bits per heavy atom. The van der Waals surface area contributed by atoms with E-state index >= 15 is 0 Å². The highest BCUT2D eigenvalue weighted by Gasteiger charge is 2.18. The van der Waals surface area contributed by atoms with Crippen molar-refractivity contribution >= 4 is 5.82 Å². The van der Waals surface area contributed by atoms with E-state index in [0.29, 0.717) is 12.5 Å². The molecule has 0 bridgehead atoms. The number of hydrogen-bond acceptors (Lipinski definition) is 5. The zero-order chi connectivity index (χ0) is 14.5. The van der Waals surface area contributed by atoms with Crippen LogP contribution in [0.1, 0.15) is 50.4 Å². The monoisotopic (exact) mass is 279 g/mol. The van der Waals surface area contributed by atoms with Crippen molar-refractivity contribution in [3.05, 3.63) is 11.4 Å². The molecule has 1 fully saturated rings. The maximum Gasteiger partial charge on any atom is 0.221 e. The third kappa shape index (κ3) is 3.60. The minimum Gasteiger partial charge on any atom is -0.475 e. The highest BCUT2D eigenvalue weighted by atomic mass is 16.5. The fraction of sp³-hybridized carbons (Fsp3) is 0.733. The van der Waals surface area contributed by atoms with Crippen molar-refractivity contribution in [2.24, 2.45) is 0 Å². The molecule has 1 aliphatic heterocycles. The summed E-state index contributed by atoms with van der Waals surface area (Å²) in [6.45, 7) is 7.55. The summed E-state index contributed by atoms with van der Waals surface area (Å²) in [6.07, 6.45) is 3.64. The van der Waals surface area contributed by atoms with Gasteiger partial charge in [-0.25, -0.2) is 4.98 Å². The van der Waals surface area contributed by atoms with Crippen LogP contribution >= 0.6 is 0 Å². The van der Waals surface area contributed by atoms with Gasteiger partial charge in [0.15, 0.2) is 0 Å². The molecule has 5 nitrogen and oxygen atoms in total. The molecule has 1 saturated heterocycles. The van der Waals surface area contributed by atoms with Gasteiger partial charge in [0, 0.05) is 19.6 Å². The van der Waals surface area contributed by atoms with E-state index in [4.69, 9.17) is 9.47 Å². The van der Waals surface area contributed by atoms with Gasteiger partial charge in [-0.1, -0.05) is 13.8 Å². The number of nitrogens with zero attached hydrogens (tertiary/aromatic N) is 2. The predicted octanol–water partition coefficient (Wildman–Crippen LogP) is 2.90. The largest absolute Gasteiger partial charge is 0.475 e. The highest BCUT2D eigenvalue weighted by Crippen LogP contribution is 2.25. The predicted molar refractivity (Wildman–Crippen MR) is 79.5 cm³/mol. The molecule has 0 spiro atoms. The number of rotatable bonds is 5. The van der Waals surface area contributed by atoms with Gasteiger partial charge in [-0.15, -0.1) is 0 Å². The van der Waals surface area contributed by atoms with Crippen molar-refractivity contribution in [1.29, 1.82) is 0 Å². The van der Waals surface area contributed by atoms with Crippen LogP contribution in [-0.2, 0) is 4.74 Å². The Kier molecular flexibility index (Phi) is 5.17. The quantitative estimate of drug-likeness (QED) is 0.898. The smallest absolute Gasteiger partial charge is 0.221 e. The molecule has 2 heterocycles. The Balaban J connectivity index is 2.10. The van der Waals surface area contributed by atoms with Crippen molar-refractivity contribution in [2.75, 3.05) is 25.6 Å². The van der Waals surface area contributed by atoms with E-state index < -0.39 is 0 Å². The summed E-state index contributed by atoms with van der Waals surface area (Å²) < 4.78 is 11.6. The Morgan fingerprint density at radius 1 is 1.35 bits per heavy atom. The van der Waals surface area contributed by atoms with Crippen molar-refractivity contribution in [3.63, 3.8) is 0 Å². The van der Waals surface area contributed by atoms with Gasteiger partial charge >= 0.3 is 0 Å². The molecule has 0 amide bonds. The van der Waals surface area contributed by atoms with E-state index in [1.165, 1.54) is 6.42 Å². The lowest BCUT2D eigenvalue weighted by Gasteiger charge is -2.23. The van der Waals surface area contributed by atoms with E-state index in [0.717, 1.165) is 36.7 Å². The summed E-state index contributed by atoms with van der Waals surface area (Å²) in [7, 11) is 1.87. The van der Waals surface area contributed by atoms with Crippen LogP contribution in [0.25, 0.3) is 0 Å². The maximum absolute atomic E-state index is 5.89. The number of anilines is 1. The maximum atomic E-state index is 5.89. The van der Waals surface area contributed by atoms with Gasteiger partial charge in [0.25, 0.3) is 0 Å². The minimum absolute atomic E-state index is 0.193. The molecular formula is C15H25N3O2. The van der Waals surface area contributed by atoms with Gasteiger partial charge in [0.1, 0.15) is 18.2 Å². The lowest BCUT2D eigenvalue weighted by molar-refractivity contribution is -0.0121. The Bertz CT molecular complexity index is 443. The first kappa shape index (κ1) is 15.0. The first-order chi connectivity index (χ1) is 9.61. The van der Waals surface area contributed by atoms with Crippen LogP contribution in [0.4, 0.5) is 5.82 Å². The van der Waals surface area contributed by atoms with Crippen LogP contribution in [-0.4, -0.2) is 36.3 Å². The fourth-order valence-corrected chi connectivity index (χ4v) is 2.27. The van der Waals surface area contributed by atoms with Crippen LogP contribution in [0.15, 0.2) is 0 Å². The third-order valence-corrected chi connectivity index (χ3v) is 3.55. The summed E-state index contributed by atoms with van der Waals surface area (Å²) in [5.74, 6) is 2.58. The summed E-state index contributed by atoms with van der Waals surface area (Å²) in [6, 6.07) is 0. The number of nitrogens with one attached hydrogen (secondary N) is 1. The van der Waals surface area contributed by atoms with Gasteiger partial charge in [-0.2, -0.15) is 4.98 Å². The van der Waals surface area contributed by atoms with E-state index in [1.807, 2.05) is 14.0 Å². The van der Waals surface area contributed by atoms with Crippen LogP contribution in [0.2, 0.25) is 0 Å². The molecule has 1 aromatic heterocycles. The van der Waals surface area contributed by atoms with Crippen molar-refractivity contribution in [2.45, 2.75) is 52.1 Å². The van der Waals surface area contributed by atoms with Gasteiger partial charge < -0.3 is 14.8 Å². The summed E-state index contributed by atoms with van der Waals surface area (Å²) >= 11 is 0. The molecule has 1 atom stereocenters. The molecular weight excluding hydrogens is 254 g/mol. The second-order valence-corrected chi connectivity index (χ2v) is 5.56. The normalized spacial score (nSPS) is 19.1. The highest BCUT2D eigenvalue weighted by molar-refractivity contribution is 5.48. The van der Waals surface area contributed by atoms with Crippen molar-refractivity contribution in [1.82, 2.24) is 9.97 Å². The van der Waals surface area contributed by atoms with Gasteiger partial charge in [0.05, 0.1) is 11.7 Å². The lowest BCUT2D eigenvalue weighted by atomic mass is 10.1. The SMILES string of the molecule is CNc1nc(C(C)C)nc(OCC2CCCCO2)c1C.